The zero-order valence-electron chi connectivity index (χ0n) is 8.68. The van der Waals surface area contributed by atoms with Gasteiger partial charge in [0.2, 0.25) is 0 Å². The van der Waals surface area contributed by atoms with E-state index in [0.29, 0.717) is 5.57 Å². The van der Waals surface area contributed by atoms with E-state index in [2.05, 4.69) is 27.7 Å². The number of hydrogen-bond acceptors (Lipinski definition) is 0. The molecular formula is C8H20BClP2. The van der Waals surface area contributed by atoms with Crippen molar-refractivity contribution in [2.45, 2.75) is 27.7 Å². The Morgan fingerprint density at radius 2 is 1.08 bits per heavy atom. The summed E-state index contributed by atoms with van der Waals surface area (Å²) < 4.78 is 0. The smallest absolute Gasteiger partial charge is 0.182 e. The lowest BCUT2D eigenvalue weighted by molar-refractivity contribution is 1.43. The van der Waals surface area contributed by atoms with Gasteiger partial charge >= 0.3 is 5.57 Å². The average Bonchev–Trinajstić information content (AvgIpc) is 2.09. The van der Waals surface area contributed by atoms with Crippen molar-refractivity contribution in [2.24, 2.45) is 0 Å². The molecule has 0 radical (unpaired) electrons. The Bertz CT molecular complexity index is 93.2. The van der Waals surface area contributed by atoms with Crippen LogP contribution >= 0.6 is 27.1 Å². The van der Waals surface area contributed by atoms with E-state index in [9.17, 15) is 0 Å². The summed E-state index contributed by atoms with van der Waals surface area (Å²) in [5.74, 6) is 0. The largest absolute Gasteiger partial charge is 0.305 e. The quantitative estimate of drug-likeness (QED) is 0.467. The molecular weight excluding hydrogens is 204 g/mol. The fourth-order valence-corrected chi connectivity index (χ4v) is 8.84. The van der Waals surface area contributed by atoms with Crippen molar-refractivity contribution in [3.63, 3.8) is 0 Å². The van der Waals surface area contributed by atoms with Crippen molar-refractivity contribution in [1.29, 1.82) is 0 Å². The van der Waals surface area contributed by atoms with Crippen molar-refractivity contribution >= 4 is 32.6 Å². The van der Waals surface area contributed by atoms with Gasteiger partial charge in [-0.15, -0.1) is 15.6 Å². The Morgan fingerprint density at radius 1 is 0.833 bits per heavy atom. The lowest BCUT2D eigenvalue weighted by Crippen LogP contribution is -2.07. The van der Waals surface area contributed by atoms with E-state index >= 15 is 0 Å². The SMILES string of the molecule is CCP(CC)B(Cl)P(CC)CC. The normalized spacial score (nSPS) is 11.2. The molecule has 0 N–H and O–H groups in total. The second-order valence-corrected chi connectivity index (χ2v) is 10.1. The highest BCUT2D eigenvalue weighted by Crippen LogP contribution is 2.56. The van der Waals surface area contributed by atoms with Crippen molar-refractivity contribution in [3.8, 4) is 0 Å². The fourth-order valence-electron chi connectivity index (χ4n) is 1.28. The topological polar surface area (TPSA) is 0 Å². The summed E-state index contributed by atoms with van der Waals surface area (Å²) in [7, 11) is 0.252. The molecule has 0 heterocycles. The van der Waals surface area contributed by atoms with E-state index in [1.165, 1.54) is 24.6 Å². The molecule has 0 bridgehead atoms. The van der Waals surface area contributed by atoms with Crippen LogP contribution in [-0.2, 0) is 0 Å². The molecule has 0 aliphatic carbocycles. The highest BCUT2D eigenvalue weighted by Gasteiger charge is 2.26. The van der Waals surface area contributed by atoms with Crippen molar-refractivity contribution < 1.29 is 0 Å². The van der Waals surface area contributed by atoms with Crippen LogP contribution in [0, 0.1) is 0 Å². The first-order valence-corrected chi connectivity index (χ1v) is 8.83. The monoisotopic (exact) mass is 224 g/mol. The van der Waals surface area contributed by atoms with Crippen LogP contribution in [0.5, 0.6) is 0 Å². The van der Waals surface area contributed by atoms with E-state index < -0.39 is 0 Å². The molecule has 0 aliphatic rings. The Balaban J connectivity index is 4.02. The van der Waals surface area contributed by atoms with Crippen LogP contribution in [0.3, 0.4) is 0 Å². The first-order valence-electron chi connectivity index (χ1n) is 4.83. The predicted octanol–water partition coefficient (Wildman–Crippen LogP) is 4.25. The molecule has 0 amide bonds. The lowest BCUT2D eigenvalue weighted by atomic mass is 10.7. The summed E-state index contributed by atoms with van der Waals surface area (Å²) in [6, 6.07) is 0. The lowest BCUT2D eigenvalue weighted by Gasteiger charge is -2.24. The number of halogens is 1. The third kappa shape index (κ3) is 3.95. The van der Waals surface area contributed by atoms with Crippen molar-refractivity contribution in [2.75, 3.05) is 24.6 Å². The molecule has 0 aromatic heterocycles. The molecule has 72 valence electrons. The third-order valence-electron chi connectivity index (χ3n) is 2.23. The maximum atomic E-state index is 6.47. The van der Waals surface area contributed by atoms with Crippen LogP contribution < -0.4 is 0 Å². The predicted molar refractivity (Wildman–Crippen MR) is 67.6 cm³/mol. The number of rotatable bonds is 6. The minimum atomic E-state index is 0.126. The van der Waals surface area contributed by atoms with Crippen LogP contribution in [0.1, 0.15) is 27.7 Å². The van der Waals surface area contributed by atoms with Crippen LogP contribution in [0.25, 0.3) is 0 Å². The maximum absolute atomic E-state index is 6.47. The van der Waals surface area contributed by atoms with Gasteiger partial charge in [0, 0.05) is 0 Å². The Labute approximate surface area is 85.3 Å². The van der Waals surface area contributed by atoms with Crippen molar-refractivity contribution in [1.82, 2.24) is 0 Å². The second kappa shape index (κ2) is 7.60. The molecule has 0 fully saturated rings. The first kappa shape index (κ1) is 13.2. The van der Waals surface area contributed by atoms with Gasteiger partial charge < -0.3 is 0 Å². The van der Waals surface area contributed by atoms with Crippen molar-refractivity contribution in [3.05, 3.63) is 0 Å². The van der Waals surface area contributed by atoms with Crippen LogP contribution in [0.15, 0.2) is 0 Å². The molecule has 4 heteroatoms. The minimum absolute atomic E-state index is 0.126. The zero-order valence-corrected chi connectivity index (χ0v) is 11.2. The van der Waals surface area contributed by atoms with E-state index in [1.807, 2.05) is 0 Å². The first-order chi connectivity index (χ1) is 5.71. The Kier molecular flexibility index (Phi) is 8.37. The van der Waals surface area contributed by atoms with Gasteiger partial charge in [-0.3, -0.25) is 0 Å². The summed E-state index contributed by atoms with van der Waals surface area (Å²) >= 11 is 6.47. The maximum Gasteiger partial charge on any atom is 0.305 e. The third-order valence-corrected chi connectivity index (χ3v) is 10.3. The molecule has 0 saturated heterocycles. The minimum Gasteiger partial charge on any atom is -0.182 e. The Hall–Kier alpha value is 1.21. The summed E-state index contributed by atoms with van der Waals surface area (Å²) in [4.78, 5) is 0. The fraction of sp³-hybridized carbons (Fsp3) is 1.00. The standard InChI is InChI=1S/C8H20BClP2/c1-5-11(6-2)9(10)12(7-3)8-4/h5-8H2,1-4H3. The summed E-state index contributed by atoms with van der Waals surface area (Å²) in [6.07, 6.45) is 5.22. The molecule has 12 heavy (non-hydrogen) atoms. The summed E-state index contributed by atoms with van der Waals surface area (Å²) in [5.41, 5.74) is 0.528. The van der Waals surface area contributed by atoms with E-state index in [0.717, 1.165) is 0 Å². The molecule has 0 rings (SSSR count). The molecule has 0 unspecified atom stereocenters. The molecule has 0 saturated carbocycles. The van der Waals surface area contributed by atoms with Gasteiger partial charge in [0.15, 0.2) is 0 Å². The van der Waals surface area contributed by atoms with E-state index in [1.54, 1.807) is 0 Å². The summed E-state index contributed by atoms with van der Waals surface area (Å²) in [5, 5.41) is 0. The Morgan fingerprint density at radius 3 is 1.25 bits per heavy atom. The van der Waals surface area contributed by atoms with Crippen LogP contribution in [-0.4, -0.2) is 30.2 Å². The van der Waals surface area contributed by atoms with Crippen LogP contribution in [0.2, 0.25) is 0 Å². The van der Waals surface area contributed by atoms with Gasteiger partial charge in [-0.05, 0) is 24.6 Å². The molecule has 0 nitrogen and oxygen atoms in total. The molecule has 0 aromatic rings. The van der Waals surface area contributed by atoms with Gasteiger partial charge in [-0.2, -0.15) is 11.5 Å². The van der Waals surface area contributed by atoms with E-state index in [-0.39, 0.29) is 15.6 Å². The van der Waals surface area contributed by atoms with Gasteiger partial charge in [-0.25, -0.2) is 0 Å². The molecule has 0 atom stereocenters. The van der Waals surface area contributed by atoms with Gasteiger partial charge in [0.25, 0.3) is 0 Å². The number of hydrogen-bond donors (Lipinski definition) is 0. The highest BCUT2D eigenvalue weighted by molar-refractivity contribution is 8.26. The van der Waals surface area contributed by atoms with Gasteiger partial charge in [-0.1, -0.05) is 27.7 Å². The zero-order chi connectivity index (χ0) is 9.56. The molecule has 0 spiro atoms. The average molecular weight is 224 g/mol. The van der Waals surface area contributed by atoms with Gasteiger partial charge in [0.05, 0.1) is 0 Å². The van der Waals surface area contributed by atoms with Crippen LogP contribution in [0.4, 0.5) is 0 Å². The second-order valence-electron chi connectivity index (χ2n) is 2.75. The van der Waals surface area contributed by atoms with E-state index in [4.69, 9.17) is 11.5 Å². The molecule has 0 aromatic carbocycles. The summed E-state index contributed by atoms with van der Waals surface area (Å²) in [6.45, 7) is 9.12. The molecule has 0 aliphatic heterocycles. The van der Waals surface area contributed by atoms with Gasteiger partial charge in [0.1, 0.15) is 0 Å². The highest BCUT2D eigenvalue weighted by atomic mass is 35.5.